The van der Waals surface area contributed by atoms with Gasteiger partial charge in [0.1, 0.15) is 0 Å². The van der Waals surface area contributed by atoms with Gasteiger partial charge in [0.05, 0.1) is 10.8 Å². The minimum atomic E-state index is 0.125. The molecule has 0 aliphatic heterocycles. The van der Waals surface area contributed by atoms with E-state index in [2.05, 4.69) is 0 Å². The fourth-order valence-corrected chi connectivity index (χ4v) is 3.32. The van der Waals surface area contributed by atoms with Crippen LogP contribution in [-0.4, -0.2) is 17.5 Å². The van der Waals surface area contributed by atoms with Gasteiger partial charge in [-0.05, 0) is 0 Å². The first kappa shape index (κ1) is 8.26. The largest absolute Gasteiger partial charge is 0.396 e. The third kappa shape index (κ3) is 2.42. The maximum Gasteiger partial charge on any atom is 0.288 e. The monoisotopic (exact) mass is 194 g/mol. The van der Waals surface area contributed by atoms with Gasteiger partial charge in [0.15, 0.2) is 0 Å². The molecule has 0 atom stereocenters. The highest BCUT2D eigenvalue weighted by Gasteiger charge is 1.96. The second-order valence-corrected chi connectivity index (χ2v) is 4.99. The first-order chi connectivity index (χ1) is 4.83. The molecule has 0 saturated carbocycles. The zero-order chi connectivity index (χ0) is 7.40. The third-order valence-corrected chi connectivity index (χ3v) is 4.03. The van der Waals surface area contributed by atoms with Gasteiger partial charge in [-0.15, -0.1) is 11.8 Å². The molecule has 1 N–H and O–H groups in total. The molecule has 1 aromatic rings. The van der Waals surface area contributed by atoms with Gasteiger partial charge in [-0.2, -0.15) is 0 Å². The maximum absolute atomic E-state index is 10.6. The second-order valence-electron chi connectivity index (χ2n) is 1.48. The quantitative estimate of drug-likeness (QED) is 0.736. The van der Waals surface area contributed by atoms with Crippen LogP contribution in [0.4, 0.5) is 0 Å². The van der Waals surface area contributed by atoms with Crippen molar-refractivity contribution in [2.75, 3.05) is 12.4 Å². The van der Waals surface area contributed by atoms with Gasteiger partial charge in [-0.1, -0.05) is 22.7 Å². The van der Waals surface area contributed by atoms with E-state index in [4.69, 9.17) is 5.11 Å². The summed E-state index contributed by atoms with van der Waals surface area (Å²) in [6.07, 6.45) is 0. The summed E-state index contributed by atoms with van der Waals surface area (Å²) >= 11 is 3.98. The SMILES string of the molecule is O=c1scc(SCCO)s1. The molecule has 0 aromatic carbocycles. The van der Waals surface area contributed by atoms with E-state index >= 15 is 0 Å². The minimum Gasteiger partial charge on any atom is -0.396 e. The number of thioether (sulfide) groups is 1. The molecule has 0 fully saturated rings. The van der Waals surface area contributed by atoms with Crippen molar-refractivity contribution < 1.29 is 5.11 Å². The van der Waals surface area contributed by atoms with Crippen molar-refractivity contribution >= 4 is 34.4 Å². The van der Waals surface area contributed by atoms with Crippen LogP contribution < -0.4 is 4.06 Å². The Kier molecular flexibility index (Phi) is 3.41. The Balaban J connectivity index is 2.50. The highest BCUT2D eigenvalue weighted by molar-refractivity contribution is 8.01. The maximum atomic E-state index is 10.6. The Labute approximate surface area is 70.5 Å². The van der Waals surface area contributed by atoms with E-state index in [1.54, 1.807) is 0 Å². The molecule has 1 aromatic heterocycles. The average Bonchev–Trinajstić information content (AvgIpc) is 2.31. The molecule has 0 radical (unpaired) electrons. The zero-order valence-corrected chi connectivity index (χ0v) is 7.52. The summed E-state index contributed by atoms with van der Waals surface area (Å²) in [5.41, 5.74) is 0. The fourth-order valence-electron chi connectivity index (χ4n) is 0.436. The van der Waals surface area contributed by atoms with Crippen LogP contribution in [0.2, 0.25) is 0 Å². The van der Waals surface area contributed by atoms with Crippen molar-refractivity contribution in [2.24, 2.45) is 0 Å². The number of rotatable bonds is 3. The van der Waals surface area contributed by atoms with E-state index < -0.39 is 0 Å². The standard InChI is InChI=1S/C5H6O2S3/c6-1-2-8-4-3-9-5(7)10-4/h3,6H,1-2H2. The topological polar surface area (TPSA) is 37.3 Å². The lowest BCUT2D eigenvalue weighted by atomic mass is 10.9. The van der Waals surface area contributed by atoms with Gasteiger partial charge in [0, 0.05) is 11.1 Å². The molecule has 1 rings (SSSR count). The molecule has 0 saturated heterocycles. The Morgan fingerprint density at radius 2 is 2.50 bits per heavy atom. The normalized spacial score (nSPS) is 10.1. The van der Waals surface area contributed by atoms with Crippen molar-refractivity contribution in [1.29, 1.82) is 0 Å². The van der Waals surface area contributed by atoms with Crippen molar-refractivity contribution in [2.45, 2.75) is 4.21 Å². The van der Waals surface area contributed by atoms with Crippen LogP contribution in [0.1, 0.15) is 0 Å². The summed E-state index contributed by atoms with van der Waals surface area (Å²) < 4.78 is 1.13. The molecule has 0 aliphatic rings. The van der Waals surface area contributed by atoms with Crippen LogP contribution in [0.5, 0.6) is 0 Å². The van der Waals surface area contributed by atoms with Crippen LogP contribution >= 0.6 is 34.4 Å². The van der Waals surface area contributed by atoms with Gasteiger partial charge in [-0.3, -0.25) is 4.79 Å². The number of hydrogen-bond acceptors (Lipinski definition) is 5. The molecule has 0 unspecified atom stereocenters. The van der Waals surface area contributed by atoms with Crippen molar-refractivity contribution in [3.8, 4) is 0 Å². The van der Waals surface area contributed by atoms with E-state index in [1.807, 2.05) is 5.38 Å². The Morgan fingerprint density at radius 1 is 1.70 bits per heavy atom. The predicted molar refractivity (Wildman–Crippen MR) is 46.3 cm³/mol. The number of hydrogen-bond donors (Lipinski definition) is 1. The van der Waals surface area contributed by atoms with E-state index in [1.165, 1.54) is 34.4 Å². The summed E-state index contributed by atoms with van der Waals surface area (Å²) in [6, 6.07) is 0. The molecule has 56 valence electrons. The highest BCUT2D eigenvalue weighted by atomic mass is 32.2. The first-order valence-electron chi connectivity index (χ1n) is 2.65. The smallest absolute Gasteiger partial charge is 0.288 e. The van der Waals surface area contributed by atoms with Crippen LogP contribution in [0, 0.1) is 0 Å². The molecule has 0 aliphatic carbocycles. The fraction of sp³-hybridized carbons (Fsp3) is 0.400. The lowest BCUT2D eigenvalue weighted by Crippen LogP contribution is -1.83. The predicted octanol–water partition coefficient (Wildman–Crippen LogP) is 1.25. The summed E-state index contributed by atoms with van der Waals surface area (Å²) in [6.45, 7) is 0.168. The molecular weight excluding hydrogens is 188 g/mol. The summed E-state index contributed by atoms with van der Waals surface area (Å²) in [4.78, 5) is 10.6. The van der Waals surface area contributed by atoms with E-state index in [-0.39, 0.29) is 10.7 Å². The molecule has 0 amide bonds. The van der Waals surface area contributed by atoms with E-state index in [9.17, 15) is 4.79 Å². The molecule has 1 heterocycles. The number of aliphatic hydroxyl groups excluding tert-OH is 1. The third-order valence-electron chi connectivity index (χ3n) is 0.771. The second kappa shape index (κ2) is 4.12. The van der Waals surface area contributed by atoms with Crippen LogP contribution in [0.3, 0.4) is 0 Å². The highest BCUT2D eigenvalue weighted by Crippen LogP contribution is 2.21. The van der Waals surface area contributed by atoms with Crippen molar-refractivity contribution in [1.82, 2.24) is 0 Å². The molecule has 10 heavy (non-hydrogen) atoms. The molecule has 2 nitrogen and oxygen atoms in total. The Morgan fingerprint density at radius 3 is 3.00 bits per heavy atom. The zero-order valence-electron chi connectivity index (χ0n) is 5.07. The Hall–Kier alpha value is 0.160. The molecule has 0 spiro atoms. The molecular formula is C5H6O2S3. The van der Waals surface area contributed by atoms with Gasteiger partial charge in [-0.25, -0.2) is 0 Å². The van der Waals surface area contributed by atoms with Crippen LogP contribution in [0.25, 0.3) is 0 Å². The summed E-state index contributed by atoms with van der Waals surface area (Å²) in [7, 11) is 0. The van der Waals surface area contributed by atoms with E-state index in [0.29, 0.717) is 5.75 Å². The summed E-state index contributed by atoms with van der Waals surface area (Å²) in [5.74, 6) is 0.673. The number of aliphatic hydroxyl groups is 1. The van der Waals surface area contributed by atoms with Crippen LogP contribution in [-0.2, 0) is 0 Å². The first-order valence-corrected chi connectivity index (χ1v) is 5.33. The van der Waals surface area contributed by atoms with Gasteiger partial charge >= 0.3 is 0 Å². The lowest BCUT2D eigenvalue weighted by Gasteiger charge is -1.89. The molecule has 0 bridgehead atoms. The Bertz CT molecular complexity index is 239. The van der Waals surface area contributed by atoms with Crippen molar-refractivity contribution in [3.05, 3.63) is 14.2 Å². The summed E-state index contributed by atoms with van der Waals surface area (Å²) in [5, 5.41) is 10.3. The minimum absolute atomic E-state index is 0.125. The van der Waals surface area contributed by atoms with Crippen molar-refractivity contribution in [3.63, 3.8) is 0 Å². The average molecular weight is 194 g/mol. The lowest BCUT2D eigenvalue weighted by molar-refractivity contribution is 0.322. The van der Waals surface area contributed by atoms with Gasteiger partial charge in [0.25, 0.3) is 4.06 Å². The van der Waals surface area contributed by atoms with E-state index in [0.717, 1.165) is 4.21 Å². The van der Waals surface area contributed by atoms with Crippen LogP contribution in [0.15, 0.2) is 14.4 Å². The van der Waals surface area contributed by atoms with Gasteiger partial charge in [0.2, 0.25) is 0 Å². The molecule has 5 heteroatoms. The van der Waals surface area contributed by atoms with Gasteiger partial charge < -0.3 is 5.11 Å².